The van der Waals surface area contributed by atoms with Gasteiger partial charge in [-0.1, -0.05) is 48.0 Å². The number of hydrogen-bond acceptors (Lipinski definition) is 3. The minimum absolute atomic E-state index is 0. The van der Waals surface area contributed by atoms with Crippen molar-refractivity contribution in [2.24, 2.45) is 29.1 Å². The van der Waals surface area contributed by atoms with Crippen LogP contribution in [0.4, 0.5) is 0 Å². The quantitative estimate of drug-likeness (QED) is 0.502. The molecule has 0 aromatic heterocycles. The first-order chi connectivity index (χ1) is 8.39. The number of carbonyl (C=O) groups excluding carboxylic acids is 2. The molecule has 0 amide bonds. The normalized spacial score (nSPS) is 22.1. The minimum Gasteiger partial charge on any atom is -0.545 e. The average molecular weight is 466 g/mol. The summed E-state index contributed by atoms with van der Waals surface area (Å²) >= 11 is 0. The average Bonchev–Trinajstić information content (AvgIpc) is 3.11. The van der Waals surface area contributed by atoms with E-state index in [-0.39, 0.29) is 27.5 Å². The Morgan fingerprint density at radius 3 is 1.40 bits per heavy atom. The van der Waals surface area contributed by atoms with E-state index in [1.54, 1.807) is 0 Å². The Kier molecular flexibility index (Phi) is 27.2. The summed E-state index contributed by atoms with van der Waals surface area (Å²) in [5.74, 6) is 3.90. The zero-order valence-corrected chi connectivity index (χ0v) is 16.7. The van der Waals surface area contributed by atoms with E-state index in [9.17, 15) is 0 Å². The molecule has 1 rings (SSSR count). The van der Waals surface area contributed by atoms with Crippen LogP contribution in [-0.4, -0.2) is 25.8 Å². The monoisotopic (exact) mass is 466 g/mol. The molecule has 124 valence electrons. The summed E-state index contributed by atoms with van der Waals surface area (Å²) in [6, 6.07) is 0. The Labute approximate surface area is 140 Å². The van der Waals surface area contributed by atoms with E-state index < -0.39 is 0 Å². The fraction of sp³-hybridized carbons (Fsp3) is 0.812. The second-order valence-corrected chi connectivity index (χ2v) is 5.79. The Bertz CT molecular complexity index is 189. The van der Waals surface area contributed by atoms with E-state index in [1.165, 1.54) is 6.42 Å². The van der Waals surface area contributed by atoms with E-state index in [0.29, 0.717) is 5.41 Å². The predicted molar refractivity (Wildman–Crippen MR) is 83.1 cm³/mol. The third-order valence-electron chi connectivity index (χ3n) is 3.47. The van der Waals surface area contributed by atoms with Gasteiger partial charge < -0.3 is 22.1 Å². The predicted octanol–water partition coefficient (Wildman–Crippen LogP) is 3.47. The van der Waals surface area contributed by atoms with Gasteiger partial charge in [-0.25, -0.2) is 0 Å². The van der Waals surface area contributed by atoms with Gasteiger partial charge in [-0.2, -0.15) is 0 Å². The number of aliphatic hydroxyl groups is 1. The van der Waals surface area contributed by atoms with Crippen molar-refractivity contribution in [3.63, 3.8) is 0 Å². The molecule has 0 bridgehead atoms. The van der Waals surface area contributed by atoms with Gasteiger partial charge in [-0.15, -0.1) is 0 Å². The van der Waals surface area contributed by atoms with Crippen LogP contribution in [0.2, 0.25) is 0 Å². The fourth-order valence-electron chi connectivity index (χ4n) is 3.06. The third kappa shape index (κ3) is 10.7. The first-order valence-corrected chi connectivity index (χ1v) is 6.31. The first-order valence-electron chi connectivity index (χ1n) is 6.31. The van der Waals surface area contributed by atoms with E-state index in [4.69, 9.17) is 14.7 Å². The van der Waals surface area contributed by atoms with Gasteiger partial charge in [0.15, 0.2) is 0 Å². The zero-order valence-electron chi connectivity index (χ0n) is 14.3. The van der Waals surface area contributed by atoms with E-state index in [0.717, 1.165) is 30.8 Å². The largest absolute Gasteiger partial charge is 3.00 e. The Hall–Kier alpha value is -0.0506. The molecule has 1 aliphatic rings. The maximum atomic E-state index is 7.75. The number of aliphatic hydroxyl groups excluding tert-OH is 1. The van der Waals surface area contributed by atoms with Crippen molar-refractivity contribution in [1.82, 2.24) is 0 Å². The van der Waals surface area contributed by atoms with Crippen molar-refractivity contribution in [3.8, 4) is 0 Å². The Morgan fingerprint density at radius 2 is 1.35 bits per heavy atom. The smallest absolute Gasteiger partial charge is 0.545 e. The van der Waals surface area contributed by atoms with Gasteiger partial charge in [0, 0.05) is 7.11 Å². The summed E-state index contributed by atoms with van der Waals surface area (Å²) in [5.41, 5.74) is 0.537. The molecule has 0 saturated heterocycles. The van der Waals surface area contributed by atoms with Crippen LogP contribution in [0.25, 0.3) is 0 Å². The molecular formula is C16H33IrO3. The molecule has 0 radical (unpaired) electrons. The second kappa shape index (κ2) is 17.0. The summed E-state index contributed by atoms with van der Waals surface area (Å²) in [6.45, 7) is 20.8. The van der Waals surface area contributed by atoms with E-state index >= 15 is 0 Å². The second-order valence-electron chi connectivity index (χ2n) is 5.79. The molecule has 1 saturated carbocycles. The van der Waals surface area contributed by atoms with Crippen LogP contribution in [0.5, 0.6) is 0 Å². The number of rotatable bonds is 2. The Morgan fingerprint density at radius 1 is 1.05 bits per heavy atom. The zero-order chi connectivity index (χ0) is 15.5. The summed E-state index contributed by atoms with van der Waals surface area (Å²) in [7, 11) is 1.00. The maximum Gasteiger partial charge on any atom is 3.00 e. The van der Waals surface area contributed by atoms with Gasteiger partial charge in [0.25, 0.3) is 0 Å². The first kappa shape index (κ1) is 32.1. The van der Waals surface area contributed by atoms with Gasteiger partial charge in [-0.05, 0) is 29.1 Å². The topological polar surface area (TPSA) is 54.4 Å². The molecule has 1 fully saturated rings. The van der Waals surface area contributed by atoms with Crippen molar-refractivity contribution in [1.29, 1.82) is 0 Å². The van der Waals surface area contributed by atoms with E-state index in [2.05, 4.69) is 55.1 Å². The standard InChI is InChI=1S/C12H24.CH4O.2CHO.CH3.Ir/c1-7-9-10(8(2)3)11(9)12(4,5)6;3*1-2;;/h8-11H,7H2,1-6H3;2H,1H3;2*1H;1H3;/q;;3*-1;+3. The van der Waals surface area contributed by atoms with Gasteiger partial charge >= 0.3 is 20.1 Å². The fourth-order valence-corrected chi connectivity index (χ4v) is 3.06. The van der Waals surface area contributed by atoms with Crippen LogP contribution in [-0.2, 0) is 29.7 Å². The van der Waals surface area contributed by atoms with Crippen molar-refractivity contribution < 1.29 is 34.8 Å². The maximum absolute atomic E-state index is 7.75. The third-order valence-corrected chi connectivity index (χ3v) is 3.47. The molecule has 0 aliphatic heterocycles. The summed E-state index contributed by atoms with van der Waals surface area (Å²) < 4.78 is 0. The molecule has 20 heavy (non-hydrogen) atoms. The molecule has 1 N–H and O–H groups in total. The van der Waals surface area contributed by atoms with Crippen LogP contribution < -0.4 is 0 Å². The molecule has 3 unspecified atom stereocenters. The molecule has 0 spiro atoms. The van der Waals surface area contributed by atoms with Crippen LogP contribution in [0, 0.1) is 36.5 Å². The van der Waals surface area contributed by atoms with E-state index in [1.807, 2.05) is 0 Å². The number of hydrogen-bond donors (Lipinski definition) is 1. The van der Waals surface area contributed by atoms with Crippen LogP contribution in [0.3, 0.4) is 0 Å². The Balaban J connectivity index is -0.0000000833. The van der Waals surface area contributed by atoms with Crippen molar-refractivity contribution in [2.75, 3.05) is 7.11 Å². The molecule has 3 atom stereocenters. The molecule has 3 nitrogen and oxygen atoms in total. The molecular weight excluding hydrogens is 432 g/mol. The van der Waals surface area contributed by atoms with Gasteiger partial charge in [-0.3, -0.25) is 13.6 Å². The minimum atomic E-state index is 0. The summed E-state index contributed by atoms with van der Waals surface area (Å²) in [4.78, 5) is 15.5. The molecule has 4 heteroatoms. The van der Waals surface area contributed by atoms with Crippen molar-refractivity contribution in [3.05, 3.63) is 7.43 Å². The molecule has 0 aromatic rings. The van der Waals surface area contributed by atoms with Gasteiger partial charge in [0.05, 0.1) is 0 Å². The van der Waals surface area contributed by atoms with Crippen LogP contribution >= 0.6 is 0 Å². The molecule has 0 heterocycles. The van der Waals surface area contributed by atoms with Crippen LogP contribution in [0.15, 0.2) is 0 Å². The van der Waals surface area contributed by atoms with Crippen molar-refractivity contribution in [2.45, 2.75) is 48.0 Å². The summed E-state index contributed by atoms with van der Waals surface area (Å²) in [6.07, 6.45) is 1.38. The van der Waals surface area contributed by atoms with Crippen molar-refractivity contribution >= 4 is 13.6 Å². The SMILES string of the molecule is CCC1C(C(C)C)C1C(C)(C)C.CO.[CH-]=O.[CH-]=O.[CH3-].[Ir+3]. The molecule has 0 aromatic carbocycles. The van der Waals surface area contributed by atoms with Crippen LogP contribution in [0.1, 0.15) is 48.0 Å². The summed E-state index contributed by atoms with van der Waals surface area (Å²) in [5, 5.41) is 7.00. The van der Waals surface area contributed by atoms with Gasteiger partial charge in [0.2, 0.25) is 0 Å². The van der Waals surface area contributed by atoms with Gasteiger partial charge in [0.1, 0.15) is 0 Å². The molecule has 1 aliphatic carbocycles.